The van der Waals surface area contributed by atoms with Gasteiger partial charge in [-0.2, -0.15) is 0 Å². The van der Waals surface area contributed by atoms with Gasteiger partial charge in [0.05, 0.1) is 5.75 Å². The lowest BCUT2D eigenvalue weighted by atomic mass is 10.1. The second kappa shape index (κ2) is 8.87. The standard InChI is InChI=1S/C15H24N2O4S/c1-4-21-10-15(18)16-9-13-7-5-6-8-14(13)11-22(19,20)17-12(2)3/h5-8,12,17H,4,9-11H2,1-3H3,(H,16,18). The Labute approximate surface area is 132 Å². The summed E-state index contributed by atoms with van der Waals surface area (Å²) in [6.07, 6.45) is 0. The van der Waals surface area contributed by atoms with Crippen LogP contribution in [0.4, 0.5) is 0 Å². The lowest BCUT2D eigenvalue weighted by Crippen LogP contribution is -2.32. The Hall–Kier alpha value is -1.44. The van der Waals surface area contributed by atoms with Gasteiger partial charge in [0.15, 0.2) is 0 Å². The van der Waals surface area contributed by atoms with E-state index in [4.69, 9.17) is 4.74 Å². The molecule has 124 valence electrons. The highest BCUT2D eigenvalue weighted by atomic mass is 32.2. The first-order chi connectivity index (χ1) is 10.3. The van der Waals surface area contributed by atoms with Crippen LogP contribution in [0.25, 0.3) is 0 Å². The van der Waals surface area contributed by atoms with E-state index in [1.54, 1.807) is 32.0 Å². The van der Waals surface area contributed by atoms with E-state index in [9.17, 15) is 13.2 Å². The van der Waals surface area contributed by atoms with Crippen molar-refractivity contribution in [3.05, 3.63) is 35.4 Å². The van der Waals surface area contributed by atoms with E-state index in [2.05, 4.69) is 10.0 Å². The fourth-order valence-corrected chi connectivity index (χ4v) is 3.41. The molecule has 7 heteroatoms. The Morgan fingerprint density at radius 3 is 2.45 bits per heavy atom. The molecule has 0 spiro atoms. The van der Waals surface area contributed by atoms with Crippen LogP contribution in [-0.4, -0.2) is 33.6 Å². The van der Waals surface area contributed by atoms with Gasteiger partial charge in [-0.3, -0.25) is 4.79 Å². The number of benzene rings is 1. The Morgan fingerprint density at radius 2 is 1.86 bits per heavy atom. The molecule has 0 fully saturated rings. The highest BCUT2D eigenvalue weighted by Gasteiger charge is 2.15. The van der Waals surface area contributed by atoms with Crippen molar-refractivity contribution in [2.75, 3.05) is 13.2 Å². The predicted octanol–water partition coefficient (Wildman–Crippen LogP) is 1.17. The number of carbonyl (C=O) groups is 1. The van der Waals surface area contributed by atoms with Crippen LogP contribution in [0.15, 0.2) is 24.3 Å². The first kappa shape index (κ1) is 18.6. The number of amides is 1. The maximum Gasteiger partial charge on any atom is 0.246 e. The summed E-state index contributed by atoms with van der Waals surface area (Å²) in [6, 6.07) is 7.01. The van der Waals surface area contributed by atoms with Gasteiger partial charge in [-0.15, -0.1) is 0 Å². The van der Waals surface area contributed by atoms with E-state index in [1.165, 1.54) is 0 Å². The molecule has 0 saturated carbocycles. The summed E-state index contributed by atoms with van der Waals surface area (Å²) in [5.41, 5.74) is 1.45. The fraction of sp³-hybridized carbons (Fsp3) is 0.533. The number of hydrogen-bond donors (Lipinski definition) is 2. The first-order valence-electron chi connectivity index (χ1n) is 7.25. The summed E-state index contributed by atoms with van der Waals surface area (Å²) < 4.78 is 31.6. The van der Waals surface area contributed by atoms with Crippen LogP contribution < -0.4 is 10.0 Å². The Morgan fingerprint density at radius 1 is 1.23 bits per heavy atom. The van der Waals surface area contributed by atoms with Crippen molar-refractivity contribution in [2.24, 2.45) is 0 Å². The fourth-order valence-electron chi connectivity index (χ4n) is 1.92. The summed E-state index contributed by atoms with van der Waals surface area (Å²) in [5.74, 6) is -0.331. The third-order valence-corrected chi connectivity index (χ3v) is 4.31. The van der Waals surface area contributed by atoms with Crippen molar-refractivity contribution >= 4 is 15.9 Å². The van der Waals surface area contributed by atoms with Crippen molar-refractivity contribution in [3.63, 3.8) is 0 Å². The van der Waals surface area contributed by atoms with Crippen molar-refractivity contribution in [2.45, 2.75) is 39.1 Å². The molecule has 2 N–H and O–H groups in total. The molecule has 1 aromatic rings. The van der Waals surface area contributed by atoms with E-state index in [0.717, 1.165) is 5.56 Å². The third-order valence-electron chi connectivity index (χ3n) is 2.79. The predicted molar refractivity (Wildman–Crippen MR) is 85.7 cm³/mol. The van der Waals surface area contributed by atoms with Crippen LogP contribution in [0, 0.1) is 0 Å². The molecule has 1 amide bonds. The molecule has 0 aliphatic rings. The molecular weight excluding hydrogens is 304 g/mol. The van der Waals surface area contributed by atoms with Crippen LogP contribution in [0.3, 0.4) is 0 Å². The molecule has 1 aromatic carbocycles. The highest BCUT2D eigenvalue weighted by molar-refractivity contribution is 7.88. The second-order valence-electron chi connectivity index (χ2n) is 5.21. The van der Waals surface area contributed by atoms with Crippen LogP contribution in [0.2, 0.25) is 0 Å². The van der Waals surface area contributed by atoms with Crippen molar-refractivity contribution in [1.82, 2.24) is 10.0 Å². The number of nitrogens with one attached hydrogen (secondary N) is 2. The monoisotopic (exact) mass is 328 g/mol. The average Bonchev–Trinajstić information content (AvgIpc) is 2.42. The van der Waals surface area contributed by atoms with Gasteiger partial charge in [-0.05, 0) is 31.9 Å². The summed E-state index contributed by atoms with van der Waals surface area (Å²) in [7, 11) is -3.40. The summed E-state index contributed by atoms with van der Waals surface area (Å²) in [5, 5.41) is 2.72. The molecule has 0 aromatic heterocycles. The highest BCUT2D eigenvalue weighted by Crippen LogP contribution is 2.12. The average molecular weight is 328 g/mol. The molecule has 0 radical (unpaired) electrons. The smallest absolute Gasteiger partial charge is 0.246 e. The Balaban J connectivity index is 2.72. The number of hydrogen-bond acceptors (Lipinski definition) is 4. The van der Waals surface area contributed by atoms with E-state index >= 15 is 0 Å². The summed E-state index contributed by atoms with van der Waals surface area (Å²) in [4.78, 5) is 11.6. The molecule has 0 aliphatic heterocycles. The van der Waals surface area contributed by atoms with Crippen LogP contribution >= 0.6 is 0 Å². The molecule has 0 atom stereocenters. The molecule has 22 heavy (non-hydrogen) atoms. The first-order valence-corrected chi connectivity index (χ1v) is 8.90. The van der Waals surface area contributed by atoms with Gasteiger partial charge in [-0.1, -0.05) is 24.3 Å². The van der Waals surface area contributed by atoms with Gasteiger partial charge >= 0.3 is 0 Å². The zero-order valence-electron chi connectivity index (χ0n) is 13.3. The lowest BCUT2D eigenvalue weighted by Gasteiger charge is -2.13. The maximum absolute atomic E-state index is 12.0. The number of ether oxygens (including phenoxy) is 1. The number of carbonyl (C=O) groups excluding carboxylic acids is 1. The summed E-state index contributed by atoms with van der Waals surface area (Å²) in [6.45, 7) is 6.12. The zero-order valence-corrected chi connectivity index (χ0v) is 14.1. The Kier molecular flexibility index (Phi) is 7.50. The molecule has 0 unspecified atom stereocenters. The van der Waals surface area contributed by atoms with Crippen LogP contribution in [0.5, 0.6) is 0 Å². The maximum atomic E-state index is 12.0. The minimum atomic E-state index is -3.40. The zero-order chi connectivity index (χ0) is 16.6. The van der Waals surface area contributed by atoms with E-state index in [-0.39, 0.29) is 30.9 Å². The van der Waals surface area contributed by atoms with Crippen LogP contribution in [-0.2, 0) is 31.9 Å². The van der Waals surface area contributed by atoms with E-state index < -0.39 is 10.0 Å². The van der Waals surface area contributed by atoms with Gasteiger partial charge in [0.25, 0.3) is 0 Å². The van der Waals surface area contributed by atoms with Crippen LogP contribution in [0.1, 0.15) is 31.9 Å². The molecule has 0 bridgehead atoms. The number of rotatable bonds is 9. The Bertz CT molecular complexity index is 585. The molecule has 0 heterocycles. The van der Waals surface area contributed by atoms with Gasteiger partial charge < -0.3 is 10.1 Å². The quantitative estimate of drug-likeness (QED) is 0.712. The summed E-state index contributed by atoms with van der Waals surface area (Å²) >= 11 is 0. The second-order valence-corrected chi connectivity index (χ2v) is 6.97. The largest absolute Gasteiger partial charge is 0.372 e. The van der Waals surface area contributed by atoms with Crippen molar-refractivity contribution < 1.29 is 17.9 Å². The lowest BCUT2D eigenvalue weighted by molar-refractivity contribution is -0.125. The van der Waals surface area contributed by atoms with Crippen molar-refractivity contribution in [3.8, 4) is 0 Å². The minimum Gasteiger partial charge on any atom is -0.372 e. The topological polar surface area (TPSA) is 84.5 Å². The van der Waals surface area contributed by atoms with E-state index in [0.29, 0.717) is 12.2 Å². The third kappa shape index (κ3) is 7.02. The molecule has 0 saturated heterocycles. The molecular formula is C15H24N2O4S. The van der Waals surface area contributed by atoms with Gasteiger partial charge in [0.1, 0.15) is 6.61 Å². The SMILES string of the molecule is CCOCC(=O)NCc1ccccc1CS(=O)(=O)NC(C)C. The molecule has 1 rings (SSSR count). The van der Waals surface area contributed by atoms with Gasteiger partial charge in [-0.25, -0.2) is 13.1 Å². The molecule has 6 nitrogen and oxygen atoms in total. The van der Waals surface area contributed by atoms with Crippen molar-refractivity contribution in [1.29, 1.82) is 0 Å². The number of sulfonamides is 1. The van der Waals surface area contributed by atoms with Gasteiger partial charge in [0.2, 0.25) is 15.9 Å². The minimum absolute atomic E-state index is 0.00582. The van der Waals surface area contributed by atoms with Gasteiger partial charge in [0, 0.05) is 19.2 Å². The van der Waals surface area contributed by atoms with E-state index in [1.807, 2.05) is 13.0 Å². The molecule has 0 aliphatic carbocycles. The normalized spacial score (nSPS) is 11.6.